The van der Waals surface area contributed by atoms with E-state index in [9.17, 15) is 0 Å². The molecule has 342 valence electrons. The highest BCUT2D eigenvalue weighted by molar-refractivity contribution is 5.98. The Morgan fingerprint density at radius 2 is 0.473 bits per heavy atom. The van der Waals surface area contributed by atoms with E-state index in [1.54, 1.807) is 0 Å². The number of aromatic nitrogens is 1. The smallest absolute Gasteiger partial charge is 0.0725 e. The summed E-state index contributed by atoms with van der Waals surface area (Å²) in [5.74, 6) is 0. The maximum Gasteiger partial charge on any atom is 0.0725 e. The van der Waals surface area contributed by atoms with Gasteiger partial charge in [0, 0.05) is 11.8 Å². The summed E-state index contributed by atoms with van der Waals surface area (Å²) >= 11 is 0. The number of hydrogen-bond donors (Lipinski definition) is 0. The Balaban J connectivity index is 0.921. The second-order valence-corrected chi connectivity index (χ2v) is 20.5. The molecule has 4 aliphatic rings. The minimum Gasteiger partial charge on any atom is -0.256 e. The molecule has 0 bridgehead atoms. The largest absolute Gasteiger partial charge is 0.256 e. The van der Waals surface area contributed by atoms with E-state index in [2.05, 4.69) is 266 Å². The third kappa shape index (κ3) is 5.56. The van der Waals surface area contributed by atoms with Crippen LogP contribution >= 0.6 is 0 Å². The van der Waals surface area contributed by atoms with E-state index in [0.29, 0.717) is 0 Å². The lowest BCUT2D eigenvalue weighted by atomic mass is 9.70. The highest BCUT2D eigenvalue weighted by Gasteiger charge is 2.53. The molecular formula is C73H45N. The Labute approximate surface area is 431 Å². The second kappa shape index (κ2) is 15.5. The average Bonchev–Trinajstić information content (AvgIpc) is 4.17. The van der Waals surface area contributed by atoms with Gasteiger partial charge in [0.2, 0.25) is 0 Å². The second-order valence-electron chi connectivity index (χ2n) is 20.5. The van der Waals surface area contributed by atoms with Gasteiger partial charge in [-0.1, -0.05) is 212 Å². The minimum absolute atomic E-state index is 0.440. The van der Waals surface area contributed by atoms with E-state index in [0.717, 1.165) is 16.8 Å². The molecule has 0 unspecified atom stereocenters. The van der Waals surface area contributed by atoms with Crippen LogP contribution in [0.15, 0.2) is 273 Å². The zero-order valence-corrected chi connectivity index (χ0v) is 40.4. The number of rotatable bonds is 5. The fourth-order valence-electron chi connectivity index (χ4n) is 13.9. The molecule has 0 atom stereocenters. The molecule has 74 heavy (non-hydrogen) atoms. The van der Waals surface area contributed by atoms with Crippen molar-refractivity contribution in [3.8, 4) is 100 Å². The summed E-state index contributed by atoms with van der Waals surface area (Å²) < 4.78 is 0. The van der Waals surface area contributed by atoms with Crippen molar-refractivity contribution in [2.45, 2.75) is 10.8 Å². The third-order valence-corrected chi connectivity index (χ3v) is 16.9. The predicted octanol–water partition coefficient (Wildman–Crippen LogP) is 18.1. The number of fused-ring (bicyclic) bond motifs is 20. The Kier molecular flexibility index (Phi) is 8.65. The summed E-state index contributed by atoms with van der Waals surface area (Å²) in [7, 11) is 0. The Bertz CT molecular complexity index is 3990. The minimum atomic E-state index is -0.440. The maximum absolute atomic E-state index is 4.68. The SMILES string of the molecule is c1ccc(-c2cccc(-c3cccc(-c4cc(-c5ccc6c(c5)C5(c7ccccc7-c7ccccc75)c5ccccc5-6)cc(-c5ccc6c(c5)C5(c7ccccc7-c7ccccc75)c5ccccc5-6)c4)c3)c2)nc1. The summed E-state index contributed by atoms with van der Waals surface area (Å²) in [5.41, 5.74) is 31.9. The lowest BCUT2D eigenvalue weighted by Crippen LogP contribution is -2.25. The first kappa shape index (κ1) is 41.2. The molecule has 2 spiro atoms. The zero-order valence-electron chi connectivity index (χ0n) is 40.4. The van der Waals surface area contributed by atoms with Gasteiger partial charge in [-0.15, -0.1) is 0 Å². The number of pyridine rings is 1. The van der Waals surface area contributed by atoms with Gasteiger partial charge in [0.25, 0.3) is 0 Å². The van der Waals surface area contributed by atoms with Crippen LogP contribution in [0.2, 0.25) is 0 Å². The van der Waals surface area contributed by atoms with Crippen LogP contribution in [0.5, 0.6) is 0 Å². The zero-order chi connectivity index (χ0) is 48.5. The molecule has 12 aromatic rings. The van der Waals surface area contributed by atoms with Crippen LogP contribution in [0, 0.1) is 0 Å². The van der Waals surface area contributed by atoms with Gasteiger partial charge < -0.3 is 0 Å². The fourth-order valence-corrected chi connectivity index (χ4v) is 13.9. The monoisotopic (exact) mass is 935 g/mol. The maximum atomic E-state index is 4.68. The molecule has 0 saturated carbocycles. The lowest BCUT2D eigenvalue weighted by molar-refractivity contribution is 0.794. The van der Waals surface area contributed by atoms with Crippen molar-refractivity contribution in [2.75, 3.05) is 0 Å². The van der Waals surface area contributed by atoms with Crippen molar-refractivity contribution < 1.29 is 0 Å². The quantitative estimate of drug-likeness (QED) is 0.168. The van der Waals surface area contributed by atoms with Crippen LogP contribution in [-0.2, 0) is 10.8 Å². The first-order valence-corrected chi connectivity index (χ1v) is 25.8. The van der Waals surface area contributed by atoms with Crippen LogP contribution in [-0.4, -0.2) is 4.98 Å². The van der Waals surface area contributed by atoms with Crippen LogP contribution in [0.4, 0.5) is 0 Å². The lowest BCUT2D eigenvalue weighted by Gasteiger charge is -2.31. The van der Waals surface area contributed by atoms with Gasteiger partial charge in [0.15, 0.2) is 0 Å². The first-order chi connectivity index (χ1) is 36.7. The molecule has 0 N–H and O–H groups in total. The van der Waals surface area contributed by atoms with Crippen molar-refractivity contribution in [1.29, 1.82) is 0 Å². The van der Waals surface area contributed by atoms with E-state index >= 15 is 0 Å². The molecule has 0 saturated heterocycles. The summed E-state index contributed by atoms with van der Waals surface area (Å²) in [6.45, 7) is 0. The molecule has 1 heterocycles. The normalized spacial score (nSPS) is 13.9. The van der Waals surface area contributed by atoms with Gasteiger partial charge in [-0.2, -0.15) is 0 Å². The Morgan fingerprint density at radius 3 is 0.838 bits per heavy atom. The number of hydrogen-bond acceptors (Lipinski definition) is 1. The van der Waals surface area contributed by atoms with Gasteiger partial charge in [-0.3, -0.25) is 4.98 Å². The van der Waals surface area contributed by atoms with Crippen molar-refractivity contribution >= 4 is 0 Å². The Hall–Kier alpha value is -9.43. The molecule has 1 aromatic heterocycles. The molecular weight excluding hydrogens is 891 g/mol. The fraction of sp³-hybridized carbons (Fsp3) is 0.0274. The molecule has 1 nitrogen and oxygen atoms in total. The number of benzene rings is 11. The topological polar surface area (TPSA) is 12.9 Å². The molecule has 0 fully saturated rings. The van der Waals surface area contributed by atoms with Crippen molar-refractivity contribution in [3.63, 3.8) is 0 Å². The van der Waals surface area contributed by atoms with Crippen LogP contribution in [0.3, 0.4) is 0 Å². The van der Waals surface area contributed by atoms with E-state index in [1.807, 2.05) is 12.3 Å². The molecule has 16 rings (SSSR count). The highest BCUT2D eigenvalue weighted by atomic mass is 14.7. The number of nitrogens with zero attached hydrogens (tertiary/aromatic N) is 1. The Morgan fingerprint density at radius 1 is 0.189 bits per heavy atom. The molecule has 0 aliphatic heterocycles. The van der Waals surface area contributed by atoms with Crippen molar-refractivity contribution in [1.82, 2.24) is 4.98 Å². The summed E-state index contributed by atoms with van der Waals surface area (Å²) in [6, 6.07) is 100. The molecule has 0 radical (unpaired) electrons. The van der Waals surface area contributed by atoms with E-state index in [-0.39, 0.29) is 0 Å². The molecule has 0 amide bonds. The van der Waals surface area contributed by atoms with Crippen molar-refractivity contribution in [3.05, 3.63) is 318 Å². The standard InChI is InChI=1S/C73H45N/c1-7-27-63-55(21-1)56-22-2-8-28-64(56)72(63)67-31-11-5-25-59(67)61-36-34-49(44-69(61)72)53-41-52(48-19-15-17-46(39-48)47-18-16-20-51(40-47)71-33-13-14-38-74-71)42-54(43-53)50-35-37-62-60-26-6-12-32-68(60)73(70(62)45-50)65-29-9-3-23-57(65)58-24-4-10-30-66(58)73/h1-45H. The predicted molar refractivity (Wildman–Crippen MR) is 304 cm³/mol. The van der Waals surface area contributed by atoms with Gasteiger partial charge in [0.05, 0.1) is 16.5 Å². The van der Waals surface area contributed by atoms with Gasteiger partial charge in [-0.25, -0.2) is 0 Å². The molecule has 11 aromatic carbocycles. The van der Waals surface area contributed by atoms with Gasteiger partial charge in [-0.05, 0) is 188 Å². The molecule has 4 aliphatic carbocycles. The van der Waals surface area contributed by atoms with E-state index < -0.39 is 10.8 Å². The van der Waals surface area contributed by atoms with Gasteiger partial charge in [0.1, 0.15) is 0 Å². The molecule has 1 heteroatoms. The van der Waals surface area contributed by atoms with Crippen molar-refractivity contribution in [2.24, 2.45) is 0 Å². The van der Waals surface area contributed by atoms with Crippen LogP contribution in [0.1, 0.15) is 44.5 Å². The van der Waals surface area contributed by atoms with Crippen LogP contribution < -0.4 is 0 Å². The summed E-state index contributed by atoms with van der Waals surface area (Å²) in [6.07, 6.45) is 1.86. The van der Waals surface area contributed by atoms with Gasteiger partial charge >= 0.3 is 0 Å². The van der Waals surface area contributed by atoms with Crippen LogP contribution in [0.25, 0.3) is 100 Å². The van der Waals surface area contributed by atoms with E-state index in [4.69, 9.17) is 0 Å². The van der Waals surface area contributed by atoms with E-state index in [1.165, 1.54) is 128 Å². The summed E-state index contributed by atoms with van der Waals surface area (Å²) in [5, 5.41) is 0. The average molecular weight is 936 g/mol. The first-order valence-electron chi connectivity index (χ1n) is 25.8. The third-order valence-electron chi connectivity index (χ3n) is 16.9. The highest BCUT2D eigenvalue weighted by Crippen LogP contribution is 2.65. The summed E-state index contributed by atoms with van der Waals surface area (Å²) in [4.78, 5) is 4.68.